The highest BCUT2D eigenvalue weighted by atomic mass is 32.2. The summed E-state index contributed by atoms with van der Waals surface area (Å²) in [6.45, 7) is 3.64. The van der Waals surface area contributed by atoms with Crippen LogP contribution in [-0.2, 0) is 20.4 Å². The van der Waals surface area contributed by atoms with E-state index < -0.39 is 9.84 Å². The van der Waals surface area contributed by atoms with Gasteiger partial charge in [-0.05, 0) is 31.5 Å². The quantitative estimate of drug-likeness (QED) is 0.725. The Kier molecular flexibility index (Phi) is 7.06. The zero-order chi connectivity index (χ0) is 19.2. The van der Waals surface area contributed by atoms with Crippen LogP contribution in [0.1, 0.15) is 17.7 Å². The molecule has 10 heteroatoms. The lowest BCUT2D eigenvalue weighted by Crippen LogP contribution is -2.33. The van der Waals surface area contributed by atoms with E-state index >= 15 is 0 Å². The zero-order valence-corrected chi connectivity index (χ0v) is 16.3. The normalized spacial score (nSPS) is 16.6. The van der Waals surface area contributed by atoms with E-state index in [9.17, 15) is 8.42 Å². The summed E-state index contributed by atoms with van der Waals surface area (Å²) in [5, 5.41) is 12.1. The fourth-order valence-electron chi connectivity index (χ4n) is 2.81. The summed E-state index contributed by atoms with van der Waals surface area (Å²) < 4.78 is 24.9. The summed E-state index contributed by atoms with van der Waals surface area (Å²) in [7, 11) is -1.43. The molecule has 8 nitrogen and oxygen atoms in total. The number of hydrogen-bond donors (Lipinski definition) is 2. The van der Waals surface area contributed by atoms with Crippen LogP contribution in [0, 0.1) is 6.92 Å². The first-order valence-corrected chi connectivity index (χ1v) is 10.6. The van der Waals surface area contributed by atoms with Crippen molar-refractivity contribution in [3.8, 4) is 0 Å². The van der Waals surface area contributed by atoms with Crippen molar-refractivity contribution in [2.24, 2.45) is 0 Å². The molecule has 2 N–H and O–H groups in total. The van der Waals surface area contributed by atoms with Gasteiger partial charge in [-0.25, -0.2) is 18.4 Å². The third-order valence-corrected chi connectivity index (χ3v) is 6.33. The van der Waals surface area contributed by atoms with E-state index in [2.05, 4.69) is 20.2 Å². The van der Waals surface area contributed by atoms with Gasteiger partial charge < -0.3 is 15.3 Å². The predicted octanol–water partition coefficient (Wildman–Crippen LogP) is 1.32. The highest BCUT2D eigenvalue weighted by molar-refractivity contribution is 7.90. The molecule has 2 aromatic heterocycles. The number of carbonyl (C=O) groups is 1. The minimum absolute atomic E-state index is 0.106. The Morgan fingerprint density at radius 2 is 2.19 bits per heavy atom. The van der Waals surface area contributed by atoms with Crippen LogP contribution < -0.4 is 10.2 Å². The second-order valence-corrected chi connectivity index (χ2v) is 8.57. The van der Waals surface area contributed by atoms with Crippen molar-refractivity contribution < 1.29 is 18.3 Å². The van der Waals surface area contributed by atoms with Gasteiger partial charge in [0.15, 0.2) is 5.03 Å². The number of likely N-dealkylation sites (N-methyl/N-ethyl adjacent to an activating group) is 1. The number of rotatable bonds is 5. The number of aryl methyl sites for hydroxylation is 1. The van der Waals surface area contributed by atoms with Gasteiger partial charge in [0.1, 0.15) is 0 Å². The number of nitrogens with zero attached hydrogens (tertiary/aromatic N) is 3. The molecule has 0 aliphatic carbocycles. The van der Waals surface area contributed by atoms with Crippen LogP contribution in [0.3, 0.4) is 0 Å². The first-order chi connectivity index (χ1) is 12.4. The molecule has 0 unspecified atom stereocenters. The molecule has 0 radical (unpaired) electrons. The summed E-state index contributed by atoms with van der Waals surface area (Å²) in [4.78, 5) is 18.8. The van der Waals surface area contributed by atoms with Crippen LogP contribution in [0.4, 0.5) is 5.69 Å². The van der Waals surface area contributed by atoms with Crippen LogP contribution >= 0.6 is 11.3 Å². The SMILES string of the molecule is Cc1cc(S(=O)(=O)Cc2cscn2)ncc1N(C)[C@H]1CCNC1.O=CO. The Bertz CT molecular complexity index is 819. The van der Waals surface area contributed by atoms with E-state index in [-0.39, 0.29) is 17.3 Å². The summed E-state index contributed by atoms with van der Waals surface area (Å²) in [6.07, 6.45) is 2.75. The molecule has 142 valence electrons. The summed E-state index contributed by atoms with van der Waals surface area (Å²) >= 11 is 1.39. The smallest absolute Gasteiger partial charge is 0.290 e. The topological polar surface area (TPSA) is 112 Å². The molecule has 3 rings (SSSR count). The van der Waals surface area contributed by atoms with Gasteiger partial charge in [0.25, 0.3) is 6.47 Å². The maximum absolute atomic E-state index is 12.5. The minimum Gasteiger partial charge on any atom is -0.483 e. The highest BCUT2D eigenvalue weighted by Gasteiger charge is 2.23. The molecule has 1 fully saturated rings. The monoisotopic (exact) mass is 398 g/mol. The Hall–Kier alpha value is -2.04. The van der Waals surface area contributed by atoms with Crippen molar-refractivity contribution in [2.75, 3.05) is 25.0 Å². The number of nitrogens with one attached hydrogen (secondary N) is 1. The summed E-state index contributed by atoms with van der Waals surface area (Å²) in [5.74, 6) is -0.106. The van der Waals surface area contributed by atoms with Crippen molar-refractivity contribution in [1.29, 1.82) is 0 Å². The Morgan fingerprint density at radius 1 is 1.46 bits per heavy atom. The average Bonchev–Trinajstić information content (AvgIpc) is 3.28. The molecule has 3 heterocycles. The van der Waals surface area contributed by atoms with E-state index in [0.29, 0.717) is 11.7 Å². The molecule has 1 aliphatic heterocycles. The number of sulfone groups is 1. The van der Waals surface area contributed by atoms with Gasteiger partial charge in [-0.2, -0.15) is 0 Å². The van der Waals surface area contributed by atoms with E-state index in [1.807, 2.05) is 14.0 Å². The lowest BCUT2D eigenvalue weighted by atomic mass is 10.2. The molecule has 0 saturated carbocycles. The van der Waals surface area contributed by atoms with Crippen LogP contribution in [0.5, 0.6) is 0 Å². The molecule has 2 aromatic rings. The van der Waals surface area contributed by atoms with Gasteiger partial charge in [0, 0.05) is 25.0 Å². The van der Waals surface area contributed by atoms with Crippen LogP contribution in [-0.4, -0.2) is 56.1 Å². The molecule has 26 heavy (non-hydrogen) atoms. The molecular formula is C16H22N4O4S2. The number of thiazole rings is 1. The predicted molar refractivity (Wildman–Crippen MR) is 100 cm³/mol. The number of carboxylic acid groups (broad SMARTS) is 1. The third-order valence-electron chi connectivity index (χ3n) is 4.16. The van der Waals surface area contributed by atoms with Crippen LogP contribution in [0.25, 0.3) is 0 Å². The van der Waals surface area contributed by atoms with Crippen LogP contribution in [0.2, 0.25) is 0 Å². The van der Waals surface area contributed by atoms with Crippen molar-refractivity contribution in [1.82, 2.24) is 15.3 Å². The Balaban J connectivity index is 0.000000758. The van der Waals surface area contributed by atoms with Crippen LogP contribution in [0.15, 0.2) is 28.2 Å². The first kappa shape index (κ1) is 20.3. The lowest BCUT2D eigenvalue weighted by Gasteiger charge is -2.27. The van der Waals surface area contributed by atoms with E-state index in [1.165, 1.54) is 11.3 Å². The number of hydrogen-bond acceptors (Lipinski definition) is 8. The number of anilines is 1. The maximum atomic E-state index is 12.5. The second-order valence-electron chi connectivity index (χ2n) is 5.91. The summed E-state index contributed by atoms with van der Waals surface area (Å²) in [5.41, 5.74) is 4.10. The fraction of sp³-hybridized carbons (Fsp3) is 0.438. The molecule has 1 saturated heterocycles. The zero-order valence-electron chi connectivity index (χ0n) is 14.6. The Labute approximate surface area is 156 Å². The largest absolute Gasteiger partial charge is 0.483 e. The lowest BCUT2D eigenvalue weighted by molar-refractivity contribution is -0.122. The van der Waals surface area contributed by atoms with E-state index in [0.717, 1.165) is 30.8 Å². The molecule has 1 aliphatic rings. The maximum Gasteiger partial charge on any atom is 0.290 e. The Morgan fingerprint density at radius 3 is 2.73 bits per heavy atom. The van der Waals surface area contributed by atoms with E-state index in [1.54, 1.807) is 23.2 Å². The van der Waals surface area contributed by atoms with Crippen molar-refractivity contribution in [3.05, 3.63) is 34.4 Å². The minimum atomic E-state index is -3.47. The number of pyridine rings is 1. The van der Waals surface area contributed by atoms with Gasteiger partial charge in [0.2, 0.25) is 9.84 Å². The van der Waals surface area contributed by atoms with Gasteiger partial charge >= 0.3 is 0 Å². The molecule has 0 amide bonds. The van der Waals surface area contributed by atoms with Gasteiger partial charge in [-0.1, -0.05) is 0 Å². The summed E-state index contributed by atoms with van der Waals surface area (Å²) in [6, 6.07) is 2.09. The highest BCUT2D eigenvalue weighted by Crippen LogP contribution is 2.25. The second kappa shape index (κ2) is 9.06. The van der Waals surface area contributed by atoms with Gasteiger partial charge in [0.05, 0.1) is 28.8 Å². The molecule has 0 aromatic carbocycles. The molecule has 0 bridgehead atoms. The molecule has 1 atom stereocenters. The fourth-order valence-corrected chi connectivity index (χ4v) is 4.74. The standard InChI is InChI=1S/C15H20N4O2S2.CH2O2/c1-11-5-15(23(20,21)9-12-8-22-10-18-12)17-7-14(11)19(2)13-3-4-16-6-13;2-1-3/h5,7-8,10,13,16H,3-4,6,9H2,1-2H3;1H,(H,2,3)/t13-;/m0./s1. The first-order valence-electron chi connectivity index (χ1n) is 7.97. The van der Waals surface area contributed by atoms with Gasteiger partial charge in [-0.15, -0.1) is 11.3 Å². The number of aromatic nitrogens is 2. The van der Waals surface area contributed by atoms with Gasteiger partial charge in [-0.3, -0.25) is 4.79 Å². The van der Waals surface area contributed by atoms with Crippen molar-refractivity contribution in [3.63, 3.8) is 0 Å². The third kappa shape index (κ3) is 4.99. The molecular weight excluding hydrogens is 376 g/mol. The average molecular weight is 399 g/mol. The van der Waals surface area contributed by atoms with Crippen molar-refractivity contribution >= 4 is 33.3 Å². The van der Waals surface area contributed by atoms with E-state index in [4.69, 9.17) is 9.90 Å². The van der Waals surface area contributed by atoms with Crippen molar-refractivity contribution in [2.45, 2.75) is 30.2 Å². The molecule has 0 spiro atoms.